The molecule has 1 aliphatic rings. The summed E-state index contributed by atoms with van der Waals surface area (Å²) in [7, 11) is 0. The second-order valence-electron chi connectivity index (χ2n) is 2.72. The summed E-state index contributed by atoms with van der Waals surface area (Å²) in [5, 5.41) is 0. The molecule has 0 bridgehead atoms. The van der Waals surface area contributed by atoms with Crippen molar-refractivity contribution in [3.8, 4) is 0 Å². The molecular formula is C11H15NS. The van der Waals surface area contributed by atoms with Gasteiger partial charge in [-0.15, -0.1) is 11.8 Å². The number of nitrogens with zero attached hydrogens (tertiary/aromatic N) is 1. The van der Waals surface area contributed by atoms with Crippen LogP contribution in [0.5, 0.6) is 0 Å². The molecule has 0 N–H and O–H groups in total. The van der Waals surface area contributed by atoms with E-state index in [1.54, 1.807) is 11.8 Å². The molecule has 0 atom stereocenters. The molecule has 0 radical (unpaired) electrons. The molecule has 1 aliphatic heterocycles. The molecule has 0 saturated carbocycles. The first kappa shape index (κ1) is 10.3. The molecule has 1 aromatic carbocycles. The van der Waals surface area contributed by atoms with Crippen LogP contribution in [-0.4, -0.2) is 17.8 Å². The normalized spacial score (nSPS) is 13.6. The zero-order valence-electron chi connectivity index (χ0n) is 7.94. The van der Waals surface area contributed by atoms with Crippen LogP contribution in [0, 0.1) is 0 Å². The lowest BCUT2D eigenvalue weighted by atomic mass is 10.2. The molecule has 1 nitrogen and oxygen atoms in total. The second kappa shape index (κ2) is 6.72. The van der Waals surface area contributed by atoms with Crippen LogP contribution in [-0.2, 0) is 6.42 Å². The molecule has 0 saturated heterocycles. The number of rotatable bonds is 1. The maximum atomic E-state index is 3.92. The Balaban J connectivity index is 0.000000145. The van der Waals surface area contributed by atoms with Crippen molar-refractivity contribution >= 4 is 17.3 Å². The van der Waals surface area contributed by atoms with Crippen molar-refractivity contribution in [2.45, 2.75) is 13.3 Å². The minimum absolute atomic E-state index is 1.03. The first-order chi connectivity index (χ1) is 6.43. The molecule has 1 aromatic rings. The summed E-state index contributed by atoms with van der Waals surface area (Å²) >= 11 is 1.78. The van der Waals surface area contributed by atoms with Crippen LogP contribution >= 0.6 is 11.8 Å². The molecule has 70 valence electrons. The highest BCUT2D eigenvalue weighted by atomic mass is 32.2. The Morgan fingerprint density at radius 3 is 2.38 bits per heavy atom. The minimum Gasteiger partial charge on any atom is -0.285 e. The third-order valence-corrected chi connectivity index (χ3v) is 2.45. The number of aryl methyl sites for hydroxylation is 1. The van der Waals surface area contributed by atoms with E-state index < -0.39 is 0 Å². The zero-order chi connectivity index (χ0) is 9.36. The lowest BCUT2D eigenvalue weighted by Crippen LogP contribution is -1.73. The molecule has 0 amide bonds. The van der Waals surface area contributed by atoms with Gasteiger partial charge in [0.2, 0.25) is 0 Å². The maximum Gasteiger partial charge on any atom is 0.0542 e. The number of benzene rings is 1. The van der Waals surface area contributed by atoms with E-state index in [0.717, 1.165) is 13.0 Å². The fourth-order valence-corrected chi connectivity index (χ4v) is 1.50. The topological polar surface area (TPSA) is 12.4 Å². The standard InChI is InChI=1S/C8H10.C3H5NS/c1-2-8-6-4-3-5-7-8;1-2-5-3-4-1/h3-7H,2H2,1H3;3H,1-2H2. The Kier molecular flexibility index (Phi) is 5.34. The van der Waals surface area contributed by atoms with Crippen LogP contribution in [0.2, 0.25) is 0 Å². The summed E-state index contributed by atoms with van der Waals surface area (Å²) < 4.78 is 0. The summed E-state index contributed by atoms with van der Waals surface area (Å²) in [6, 6.07) is 10.5. The van der Waals surface area contributed by atoms with Crippen LogP contribution in [0.4, 0.5) is 0 Å². The fraction of sp³-hybridized carbons (Fsp3) is 0.364. The summed E-state index contributed by atoms with van der Waals surface area (Å²) in [6.45, 7) is 3.19. The van der Waals surface area contributed by atoms with Gasteiger partial charge in [-0.2, -0.15) is 0 Å². The van der Waals surface area contributed by atoms with Crippen molar-refractivity contribution in [2.24, 2.45) is 4.99 Å². The van der Waals surface area contributed by atoms with E-state index in [-0.39, 0.29) is 0 Å². The summed E-state index contributed by atoms with van der Waals surface area (Å²) in [6.07, 6.45) is 1.14. The van der Waals surface area contributed by atoms with Crippen molar-refractivity contribution in [1.82, 2.24) is 0 Å². The van der Waals surface area contributed by atoms with Crippen molar-refractivity contribution in [1.29, 1.82) is 0 Å². The largest absolute Gasteiger partial charge is 0.285 e. The number of hydrogen-bond donors (Lipinski definition) is 0. The van der Waals surface area contributed by atoms with Gasteiger partial charge in [-0.3, -0.25) is 4.99 Å². The predicted molar refractivity (Wildman–Crippen MR) is 61.6 cm³/mol. The van der Waals surface area contributed by atoms with Gasteiger partial charge in [0, 0.05) is 12.3 Å². The molecule has 0 fully saturated rings. The van der Waals surface area contributed by atoms with Gasteiger partial charge < -0.3 is 0 Å². The van der Waals surface area contributed by atoms with Gasteiger partial charge in [0.1, 0.15) is 0 Å². The van der Waals surface area contributed by atoms with E-state index >= 15 is 0 Å². The Morgan fingerprint density at radius 1 is 1.31 bits per heavy atom. The number of hydrogen-bond acceptors (Lipinski definition) is 2. The SMILES string of the molecule is C1=NCCS1.CCc1ccccc1. The molecule has 2 rings (SSSR count). The molecule has 0 spiro atoms. The van der Waals surface area contributed by atoms with Crippen molar-refractivity contribution in [3.05, 3.63) is 35.9 Å². The lowest BCUT2D eigenvalue weighted by Gasteiger charge is -1.89. The lowest BCUT2D eigenvalue weighted by molar-refractivity contribution is 1.14. The van der Waals surface area contributed by atoms with E-state index in [1.165, 1.54) is 11.3 Å². The Hall–Kier alpha value is -0.760. The zero-order valence-corrected chi connectivity index (χ0v) is 8.76. The van der Waals surface area contributed by atoms with Gasteiger partial charge in [-0.05, 0) is 12.0 Å². The Bertz CT molecular complexity index is 238. The fourth-order valence-electron chi connectivity index (χ4n) is 0.977. The number of thioether (sulfide) groups is 1. The van der Waals surface area contributed by atoms with E-state index in [0.29, 0.717) is 0 Å². The van der Waals surface area contributed by atoms with Gasteiger partial charge >= 0.3 is 0 Å². The second-order valence-corrected chi connectivity index (χ2v) is 3.67. The average molecular weight is 193 g/mol. The van der Waals surface area contributed by atoms with E-state index in [1.807, 2.05) is 11.6 Å². The van der Waals surface area contributed by atoms with Crippen LogP contribution in [0.1, 0.15) is 12.5 Å². The first-order valence-corrected chi connectivity index (χ1v) is 5.62. The monoisotopic (exact) mass is 193 g/mol. The highest BCUT2D eigenvalue weighted by molar-refractivity contribution is 8.12. The van der Waals surface area contributed by atoms with Gasteiger partial charge in [0.25, 0.3) is 0 Å². The summed E-state index contributed by atoms with van der Waals surface area (Å²) in [5.41, 5.74) is 3.31. The Labute approximate surface area is 84.3 Å². The number of aliphatic imine (C=N–C) groups is 1. The van der Waals surface area contributed by atoms with E-state index in [9.17, 15) is 0 Å². The van der Waals surface area contributed by atoms with Crippen molar-refractivity contribution in [2.75, 3.05) is 12.3 Å². The summed E-state index contributed by atoms with van der Waals surface area (Å²) in [5.74, 6) is 1.19. The smallest absolute Gasteiger partial charge is 0.0542 e. The first-order valence-electron chi connectivity index (χ1n) is 4.57. The van der Waals surface area contributed by atoms with E-state index in [4.69, 9.17) is 0 Å². The van der Waals surface area contributed by atoms with E-state index in [2.05, 4.69) is 36.2 Å². The molecule has 0 unspecified atom stereocenters. The molecule has 2 heteroatoms. The molecule has 13 heavy (non-hydrogen) atoms. The molecular weight excluding hydrogens is 178 g/mol. The van der Waals surface area contributed by atoms with Gasteiger partial charge in [0.05, 0.1) is 5.55 Å². The minimum atomic E-state index is 1.03. The van der Waals surface area contributed by atoms with Crippen molar-refractivity contribution < 1.29 is 0 Å². The third kappa shape index (κ3) is 4.73. The van der Waals surface area contributed by atoms with Gasteiger partial charge in [-0.1, -0.05) is 37.3 Å². The van der Waals surface area contributed by atoms with Crippen LogP contribution in [0.15, 0.2) is 35.3 Å². The highest BCUT2D eigenvalue weighted by Gasteiger charge is 1.86. The van der Waals surface area contributed by atoms with Crippen LogP contribution in [0.3, 0.4) is 0 Å². The summed E-state index contributed by atoms with van der Waals surface area (Å²) in [4.78, 5) is 3.92. The average Bonchev–Trinajstić information content (AvgIpc) is 2.77. The predicted octanol–water partition coefficient (Wildman–Crippen LogP) is 3.01. The van der Waals surface area contributed by atoms with Gasteiger partial charge in [-0.25, -0.2) is 0 Å². The van der Waals surface area contributed by atoms with Crippen LogP contribution in [0.25, 0.3) is 0 Å². The molecule has 1 heterocycles. The quantitative estimate of drug-likeness (QED) is 0.668. The Morgan fingerprint density at radius 2 is 2.08 bits per heavy atom. The van der Waals surface area contributed by atoms with Gasteiger partial charge in [0.15, 0.2) is 0 Å². The van der Waals surface area contributed by atoms with Crippen molar-refractivity contribution in [3.63, 3.8) is 0 Å². The maximum absolute atomic E-state index is 3.92. The molecule has 0 aromatic heterocycles. The van der Waals surface area contributed by atoms with Crippen LogP contribution < -0.4 is 0 Å². The third-order valence-electron chi connectivity index (χ3n) is 1.74. The molecule has 0 aliphatic carbocycles. The highest BCUT2D eigenvalue weighted by Crippen LogP contribution is 1.99.